The first-order chi connectivity index (χ1) is 9.82. The number of hydrogen-bond donors (Lipinski definition) is 1. The van der Waals surface area contributed by atoms with Crippen LogP contribution in [-0.4, -0.2) is 16.5 Å². The van der Waals surface area contributed by atoms with Gasteiger partial charge in [-0.3, -0.25) is 0 Å². The lowest BCUT2D eigenvalue weighted by Crippen LogP contribution is -2.07. The van der Waals surface area contributed by atoms with Crippen molar-refractivity contribution in [2.24, 2.45) is 0 Å². The molecule has 2 rings (SSSR count). The molecule has 3 nitrogen and oxygen atoms in total. The first-order valence-corrected chi connectivity index (χ1v) is 7.36. The number of benzene rings is 1. The van der Waals surface area contributed by atoms with E-state index in [0.29, 0.717) is 17.9 Å². The highest BCUT2D eigenvalue weighted by molar-refractivity contribution is 14.1. The van der Waals surface area contributed by atoms with Crippen LogP contribution in [0.4, 0.5) is 19.0 Å². The van der Waals surface area contributed by atoms with E-state index in [1.165, 1.54) is 6.07 Å². The molecule has 0 saturated heterocycles. The van der Waals surface area contributed by atoms with E-state index in [2.05, 4.69) is 37.9 Å². The van der Waals surface area contributed by atoms with Crippen LogP contribution >= 0.6 is 22.6 Å². The summed E-state index contributed by atoms with van der Waals surface area (Å²) in [5, 5.41) is 3.09. The summed E-state index contributed by atoms with van der Waals surface area (Å²) in [7, 11) is 0. The molecule has 0 aliphatic heterocycles. The molecule has 21 heavy (non-hydrogen) atoms. The Morgan fingerprint density at radius 3 is 2.57 bits per heavy atom. The van der Waals surface area contributed by atoms with Gasteiger partial charge in [-0.1, -0.05) is 12.1 Å². The summed E-state index contributed by atoms with van der Waals surface area (Å²) in [6, 6.07) is 5.04. The van der Waals surface area contributed by atoms with E-state index in [0.717, 1.165) is 21.4 Å². The standard InChI is InChI=1S/C14H13F3IN3/c1-3-19-13-11(18)8(2)20-12(21-13)9-5-4-6-10(7-9)14(15,16)17/h4-7H,3H2,1-2H3,(H,19,20,21). The second kappa shape index (κ2) is 6.17. The Hall–Kier alpha value is -1.38. The summed E-state index contributed by atoms with van der Waals surface area (Å²) < 4.78 is 39.2. The van der Waals surface area contributed by atoms with Gasteiger partial charge in [-0.15, -0.1) is 0 Å². The minimum absolute atomic E-state index is 0.287. The lowest BCUT2D eigenvalue weighted by atomic mass is 10.1. The monoisotopic (exact) mass is 407 g/mol. The van der Waals surface area contributed by atoms with Gasteiger partial charge < -0.3 is 5.32 Å². The highest BCUT2D eigenvalue weighted by Crippen LogP contribution is 2.32. The Bertz CT molecular complexity index is 656. The average molecular weight is 407 g/mol. The van der Waals surface area contributed by atoms with Crippen LogP contribution in [-0.2, 0) is 6.18 Å². The minimum Gasteiger partial charge on any atom is -0.369 e. The van der Waals surface area contributed by atoms with Gasteiger partial charge in [0.05, 0.1) is 14.8 Å². The van der Waals surface area contributed by atoms with Gasteiger partial charge in [0.15, 0.2) is 5.82 Å². The Kier molecular flexibility index (Phi) is 4.70. The molecular weight excluding hydrogens is 394 g/mol. The quantitative estimate of drug-likeness (QED) is 0.762. The van der Waals surface area contributed by atoms with Crippen molar-refractivity contribution in [1.29, 1.82) is 0 Å². The molecule has 0 atom stereocenters. The van der Waals surface area contributed by atoms with Crippen LogP contribution in [0.3, 0.4) is 0 Å². The van der Waals surface area contributed by atoms with Gasteiger partial charge >= 0.3 is 6.18 Å². The third kappa shape index (κ3) is 3.63. The summed E-state index contributed by atoms with van der Waals surface area (Å²) >= 11 is 2.12. The molecule has 1 heterocycles. The molecule has 112 valence electrons. The lowest BCUT2D eigenvalue weighted by Gasteiger charge is -2.11. The molecule has 0 spiro atoms. The zero-order valence-electron chi connectivity index (χ0n) is 11.4. The third-order valence-electron chi connectivity index (χ3n) is 2.81. The zero-order valence-corrected chi connectivity index (χ0v) is 13.6. The van der Waals surface area contributed by atoms with Crippen LogP contribution in [0.25, 0.3) is 11.4 Å². The van der Waals surface area contributed by atoms with Crippen molar-refractivity contribution < 1.29 is 13.2 Å². The number of aromatic nitrogens is 2. The van der Waals surface area contributed by atoms with Gasteiger partial charge in [-0.2, -0.15) is 13.2 Å². The molecule has 1 aromatic heterocycles. The Labute approximate surface area is 134 Å². The van der Waals surface area contributed by atoms with Crippen LogP contribution in [0.15, 0.2) is 24.3 Å². The SMILES string of the molecule is CCNc1nc(-c2cccc(C(F)(F)F)c2)nc(C)c1I. The van der Waals surface area contributed by atoms with Crippen LogP contribution < -0.4 is 5.32 Å². The average Bonchev–Trinajstić information content (AvgIpc) is 2.43. The van der Waals surface area contributed by atoms with Crippen molar-refractivity contribution >= 4 is 28.4 Å². The first kappa shape index (κ1) is 16.0. The maximum Gasteiger partial charge on any atom is 0.416 e. The van der Waals surface area contributed by atoms with E-state index in [4.69, 9.17) is 0 Å². The number of rotatable bonds is 3. The summed E-state index contributed by atoms with van der Waals surface area (Å²) in [6.45, 7) is 4.41. The molecular formula is C14H13F3IN3. The number of anilines is 1. The van der Waals surface area contributed by atoms with Gasteiger partial charge in [0.2, 0.25) is 0 Å². The van der Waals surface area contributed by atoms with Gasteiger partial charge in [-0.25, -0.2) is 9.97 Å². The van der Waals surface area contributed by atoms with Gasteiger partial charge in [0.1, 0.15) is 5.82 Å². The molecule has 0 fully saturated rings. The van der Waals surface area contributed by atoms with E-state index in [9.17, 15) is 13.2 Å². The lowest BCUT2D eigenvalue weighted by molar-refractivity contribution is -0.137. The fourth-order valence-corrected chi connectivity index (χ4v) is 2.24. The molecule has 1 aromatic carbocycles. The number of nitrogens with one attached hydrogen (secondary N) is 1. The highest BCUT2D eigenvalue weighted by atomic mass is 127. The Balaban J connectivity index is 2.52. The van der Waals surface area contributed by atoms with Crippen molar-refractivity contribution in [2.75, 3.05) is 11.9 Å². The van der Waals surface area contributed by atoms with Gasteiger partial charge in [0.25, 0.3) is 0 Å². The zero-order chi connectivity index (χ0) is 15.6. The predicted octanol–water partition coefficient (Wildman–Crippen LogP) is 4.51. The second-order valence-corrected chi connectivity index (χ2v) is 5.48. The number of alkyl halides is 3. The first-order valence-electron chi connectivity index (χ1n) is 6.28. The van der Waals surface area contributed by atoms with E-state index < -0.39 is 11.7 Å². The topological polar surface area (TPSA) is 37.8 Å². The minimum atomic E-state index is -4.38. The number of halogens is 4. The van der Waals surface area contributed by atoms with Crippen LogP contribution in [0, 0.1) is 10.5 Å². The summed E-state index contributed by atoms with van der Waals surface area (Å²) in [5.74, 6) is 0.924. The number of hydrogen-bond acceptors (Lipinski definition) is 3. The molecule has 0 saturated carbocycles. The normalized spacial score (nSPS) is 11.5. The smallest absolute Gasteiger partial charge is 0.369 e. The van der Waals surface area contributed by atoms with Gasteiger partial charge in [0, 0.05) is 12.1 Å². The molecule has 0 aliphatic rings. The van der Waals surface area contributed by atoms with Crippen molar-refractivity contribution in [1.82, 2.24) is 9.97 Å². The largest absolute Gasteiger partial charge is 0.416 e. The van der Waals surface area contributed by atoms with Crippen LogP contribution in [0.5, 0.6) is 0 Å². The Morgan fingerprint density at radius 2 is 1.95 bits per heavy atom. The van der Waals surface area contributed by atoms with E-state index in [-0.39, 0.29) is 5.82 Å². The Morgan fingerprint density at radius 1 is 1.24 bits per heavy atom. The fourth-order valence-electron chi connectivity index (χ4n) is 1.81. The molecule has 0 amide bonds. The third-order valence-corrected chi connectivity index (χ3v) is 4.10. The van der Waals surface area contributed by atoms with Crippen molar-refractivity contribution in [3.63, 3.8) is 0 Å². The van der Waals surface area contributed by atoms with Gasteiger partial charge in [-0.05, 0) is 48.6 Å². The van der Waals surface area contributed by atoms with Crippen LogP contribution in [0.2, 0.25) is 0 Å². The second-order valence-electron chi connectivity index (χ2n) is 4.40. The van der Waals surface area contributed by atoms with Crippen molar-refractivity contribution in [2.45, 2.75) is 20.0 Å². The fraction of sp³-hybridized carbons (Fsp3) is 0.286. The molecule has 7 heteroatoms. The molecule has 0 aliphatic carbocycles. The predicted molar refractivity (Wildman–Crippen MR) is 84.1 cm³/mol. The maximum atomic E-state index is 12.8. The van der Waals surface area contributed by atoms with Crippen LogP contribution in [0.1, 0.15) is 18.2 Å². The molecule has 1 N–H and O–H groups in total. The van der Waals surface area contributed by atoms with E-state index in [1.807, 2.05) is 6.92 Å². The molecule has 0 bridgehead atoms. The number of nitrogens with zero attached hydrogens (tertiary/aromatic N) is 2. The summed E-state index contributed by atoms with van der Waals surface area (Å²) in [4.78, 5) is 8.60. The number of aryl methyl sites for hydroxylation is 1. The summed E-state index contributed by atoms with van der Waals surface area (Å²) in [5.41, 5.74) is 0.377. The molecule has 2 aromatic rings. The maximum absolute atomic E-state index is 12.8. The van der Waals surface area contributed by atoms with E-state index >= 15 is 0 Å². The summed E-state index contributed by atoms with van der Waals surface area (Å²) in [6.07, 6.45) is -4.38. The van der Waals surface area contributed by atoms with Crippen molar-refractivity contribution in [3.8, 4) is 11.4 Å². The highest BCUT2D eigenvalue weighted by Gasteiger charge is 2.30. The molecule has 0 unspecified atom stereocenters. The van der Waals surface area contributed by atoms with E-state index in [1.54, 1.807) is 13.0 Å². The molecule has 0 radical (unpaired) electrons. The van der Waals surface area contributed by atoms with Crippen molar-refractivity contribution in [3.05, 3.63) is 39.1 Å².